The normalized spacial score (nSPS) is 11.6. The minimum Gasteiger partial charge on any atom is -0.303 e. The van der Waals surface area contributed by atoms with Crippen molar-refractivity contribution in [3.8, 4) is 0 Å². The maximum absolute atomic E-state index is 9.68. The summed E-state index contributed by atoms with van der Waals surface area (Å²) in [5, 5.41) is 0. The van der Waals surface area contributed by atoms with Crippen LogP contribution in [0.2, 0.25) is 0 Å². The van der Waals surface area contributed by atoms with Gasteiger partial charge in [0.05, 0.1) is 0 Å². The molecule has 2 heteroatoms. The molecule has 0 aromatic heterocycles. The van der Waals surface area contributed by atoms with Crippen molar-refractivity contribution < 1.29 is 9.59 Å². The SMILES string of the molecule is CC(C=O)C=C=O. The Hall–Kier alpha value is -0.880. The molecule has 1 atom stereocenters. The quantitative estimate of drug-likeness (QED) is 0.365. The number of aldehydes is 1. The molecule has 0 N–H and O–H groups in total. The molecule has 0 aliphatic rings. The predicted molar refractivity (Wildman–Crippen MR) is 25.5 cm³/mol. The van der Waals surface area contributed by atoms with Crippen molar-refractivity contribution in [2.24, 2.45) is 5.92 Å². The van der Waals surface area contributed by atoms with Gasteiger partial charge in [-0.1, -0.05) is 6.92 Å². The summed E-state index contributed by atoms with van der Waals surface area (Å²) < 4.78 is 0. The molecule has 0 aromatic carbocycles. The van der Waals surface area contributed by atoms with Crippen LogP contribution in [0.25, 0.3) is 0 Å². The standard InChI is InChI=1S/C5H6O2/c1-5(4-7)2-3-6/h2,4-5H,1H3. The van der Waals surface area contributed by atoms with Gasteiger partial charge in [0.15, 0.2) is 0 Å². The van der Waals surface area contributed by atoms with E-state index in [9.17, 15) is 9.59 Å². The highest BCUT2D eigenvalue weighted by atomic mass is 16.1. The maximum atomic E-state index is 9.68. The van der Waals surface area contributed by atoms with Crippen molar-refractivity contribution in [3.63, 3.8) is 0 Å². The molecule has 0 aliphatic heterocycles. The molecule has 0 aromatic rings. The van der Waals surface area contributed by atoms with Gasteiger partial charge in [-0.05, 0) is 0 Å². The predicted octanol–water partition coefficient (Wildman–Crippen LogP) is 0.209. The highest BCUT2D eigenvalue weighted by Gasteiger charge is 1.87. The summed E-state index contributed by atoms with van der Waals surface area (Å²) in [7, 11) is 0. The third-order valence-corrected chi connectivity index (χ3v) is 0.546. The highest BCUT2D eigenvalue weighted by molar-refractivity contribution is 5.61. The largest absolute Gasteiger partial charge is 0.303 e. The molecular formula is C5H6O2. The summed E-state index contributed by atoms with van der Waals surface area (Å²) in [6, 6.07) is 0. The average Bonchev–Trinajstić information content (AvgIpc) is 1.68. The summed E-state index contributed by atoms with van der Waals surface area (Å²) in [5.41, 5.74) is 0. The minimum atomic E-state index is -0.280. The lowest BCUT2D eigenvalue weighted by molar-refractivity contribution is -0.109. The van der Waals surface area contributed by atoms with Gasteiger partial charge in [-0.2, -0.15) is 0 Å². The Morgan fingerprint density at radius 1 is 1.71 bits per heavy atom. The number of hydrogen-bond acceptors (Lipinski definition) is 2. The molecule has 0 bridgehead atoms. The van der Waals surface area contributed by atoms with Crippen molar-refractivity contribution >= 4 is 12.2 Å². The first-order valence-corrected chi connectivity index (χ1v) is 1.97. The van der Waals surface area contributed by atoms with Crippen LogP contribution < -0.4 is 0 Å². The van der Waals surface area contributed by atoms with Crippen molar-refractivity contribution in [3.05, 3.63) is 6.08 Å². The molecule has 0 amide bonds. The lowest BCUT2D eigenvalue weighted by Crippen LogP contribution is -1.87. The summed E-state index contributed by atoms with van der Waals surface area (Å²) in [5.74, 6) is 1.23. The topological polar surface area (TPSA) is 34.1 Å². The molecule has 38 valence electrons. The first-order chi connectivity index (χ1) is 3.31. The van der Waals surface area contributed by atoms with E-state index in [1.807, 2.05) is 0 Å². The van der Waals surface area contributed by atoms with Crippen LogP contribution in [0.5, 0.6) is 0 Å². The highest BCUT2D eigenvalue weighted by Crippen LogP contribution is 1.84. The zero-order chi connectivity index (χ0) is 5.70. The summed E-state index contributed by atoms with van der Waals surface area (Å²) in [6.45, 7) is 1.62. The molecule has 0 radical (unpaired) electrons. The smallest absolute Gasteiger partial charge is 0.127 e. The number of carbonyl (C=O) groups excluding carboxylic acids is 2. The van der Waals surface area contributed by atoms with E-state index in [0.29, 0.717) is 6.29 Å². The first kappa shape index (κ1) is 6.12. The molecule has 0 spiro atoms. The summed E-state index contributed by atoms with van der Waals surface area (Å²) in [4.78, 5) is 19.1. The fourth-order valence-electron chi connectivity index (χ4n) is 0.147. The molecule has 0 fully saturated rings. The Kier molecular flexibility index (Phi) is 2.90. The van der Waals surface area contributed by atoms with Gasteiger partial charge in [0.25, 0.3) is 0 Å². The van der Waals surface area contributed by atoms with Crippen molar-refractivity contribution in [2.45, 2.75) is 6.92 Å². The van der Waals surface area contributed by atoms with Crippen LogP contribution in [0.3, 0.4) is 0 Å². The number of carbonyl (C=O) groups is 1. The van der Waals surface area contributed by atoms with Crippen LogP contribution in [-0.4, -0.2) is 12.2 Å². The maximum Gasteiger partial charge on any atom is 0.127 e. The minimum absolute atomic E-state index is 0.280. The molecule has 7 heavy (non-hydrogen) atoms. The fourth-order valence-corrected chi connectivity index (χ4v) is 0.147. The second-order valence-corrected chi connectivity index (χ2v) is 1.28. The monoisotopic (exact) mass is 98.0 g/mol. The Bertz CT molecular complexity index is 101. The van der Waals surface area contributed by atoms with E-state index >= 15 is 0 Å². The van der Waals surface area contributed by atoms with Gasteiger partial charge in [0, 0.05) is 12.0 Å². The first-order valence-electron chi connectivity index (χ1n) is 1.97. The zero-order valence-electron chi connectivity index (χ0n) is 4.05. The fraction of sp³-hybridized carbons (Fsp3) is 0.400. The zero-order valence-corrected chi connectivity index (χ0v) is 4.05. The van der Waals surface area contributed by atoms with Crippen molar-refractivity contribution in [1.29, 1.82) is 0 Å². The van der Waals surface area contributed by atoms with E-state index in [1.165, 1.54) is 12.0 Å². The van der Waals surface area contributed by atoms with E-state index in [-0.39, 0.29) is 5.92 Å². The number of rotatable bonds is 2. The second kappa shape index (κ2) is 3.32. The van der Waals surface area contributed by atoms with Gasteiger partial charge in [-0.25, -0.2) is 4.79 Å². The van der Waals surface area contributed by atoms with E-state index in [0.717, 1.165) is 0 Å². The number of hydrogen-bond donors (Lipinski definition) is 0. The summed E-state index contributed by atoms with van der Waals surface area (Å²) in [6.07, 6.45) is 1.86. The van der Waals surface area contributed by atoms with Gasteiger partial charge in [-0.15, -0.1) is 0 Å². The number of allylic oxidation sites excluding steroid dienone is 1. The Labute approximate surface area is 41.8 Å². The van der Waals surface area contributed by atoms with E-state index in [2.05, 4.69) is 0 Å². The van der Waals surface area contributed by atoms with E-state index < -0.39 is 0 Å². The van der Waals surface area contributed by atoms with Crippen LogP contribution in [0.4, 0.5) is 0 Å². The molecule has 2 nitrogen and oxygen atoms in total. The van der Waals surface area contributed by atoms with Gasteiger partial charge < -0.3 is 4.79 Å². The lowest BCUT2D eigenvalue weighted by Gasteiger charge is -1.81. The van der Waals surface area contributed by atoms with Gasteiger partial charge in [-0.3, -0.25) is 0 Å². The molecule has 0 heterocycles. The van der Waals surface area contributed by atoms with Crippen LogP contribution >= 0.6 is 0 Å². The third-order valence-electron chi connectivity index (χ3n) is 0.546. The molecule has 0 saturated carbocycles. The molecule has 1 unspecified atom stereocenters. The van der Waals surface area contributed by atoms with Crippen molar-refractivity contribution in [2.75, 3.05) is 0 Å². The van der Waals surface area contributed by atoms with Crippen LogP contribution in [0, 0.1) is 5.92 Å². The Morgan fingerprint density at radius 2 is 2.29 bits per heavy atom. The summed E-state index contributed by atoms with van der Waals surface area (Å²) >= 11 is 0. The van der Waals surface area contributed by atoms with Gasteiger partial charge >= 0.3 is 0 Å². The second-order valence-electron chi connectivity index (χ2n) is 1.28. The third kappa shape index (κ3) is 2.94. The van der Waals surface area contributed by atoms with Gasteiger partial charge in [0.1, 0.15) is 12.2 Å². The molecule has 0 aliphatic carbocycles. The Morgan fingerprint density at radius 3 is 2.43 bits per heavy atom. The molecular weight excluding hydrogens is 92.1 g/mol. The molecule has 0 rings (SSSR count). The van der Waals surface area contributed by atoms with Crippen molar-refractivity contribution in [1.82, 2.24) is 0 Å². The van der Waals surface area contributed by atoms with Crippen LogP contribution in [0.15, 0.2) is 6.08 Å². The van der Waals surface area contributed by atoms with Crippen LogP contribution in [-0.2, 0) is 9.59 Å². The molecule has 0 saturated heterocycles. The van der Waals surface area contributed by atoms with E-state index in [4.69, 9.17) is 0 Å². The van der Waals surface area contributed by atoms with Gasteiger partial charge in [0.2, 0.25) is 0 Å². The van der Waals surface area contributed by atoms with Crippen LogP contribution in [0.1, 0.15) is 6.92 Å². The van der Waals surface area contributed by atoms with E-state index in [1.54, 1.807) is 6.92 Å². The average molecular weight is 98.1 g/mol. The Balaban J connectivity index is 3.56. The lowest BCUT2D eigenvalue weighted by atomic mass is 10.2.